The molecule has 0 amide bonds. The van der Waals surface area contributed by atoms with Gasteiger partial charge in [-0.3, -0.25) is 4.79 Å². The molecule has 1 atom stereocenters. The van der Waals surface area contributed by atoms with Crippen LogP contribution in [0.2, 0.25) is 0 Å². The summed E-state index contributed by atoms with van der Waals surface area (Å²) in [7, 11) is 0. The fourth-order valence-corrected chi connectivity index (χ4v) is 1.71. The number of carbonyl (C=O) groups is 1. The van der Waals surface area contributed by atoms with E-state index < -0.39 is 30.3 Å². The van der Waals surface area contributed by atoms with Gasteiger partial charge in [-0.25, -0.2) is 8.78 Å². The first kappa shape index (κ1) is 10.4. The third-order valence-corrected chi connectivity index (χ3v) is 2.96. The maximum absolute atomic E-state index is 12.6. The van der Waals surface area contributed by atoms with Crippen molar-refractivity contribution in [1.29, 1.82) is 0 Å². The van der Waals surface area contributed by atoms with Crippen molar-refractivity contribution in [2.45, 2.75) is 25.7 Å². The normalized spacial score (nSPS) is 22.5. The molecule has 3 N–H and O–H groups in total. The zero-order chi connectivity index (χ0) is 10.1. The lowest BCUT2D eigenvalue weighted by Gasteiger charge is -2.40. The summed E-state index contributed by atoms with van der Waals surface area (Å²) in [5.74, 6) is -1.91. The van der Waals surface area contributed by atoms with Crippen LogP contribution in [0.5, 0.6) is 0 Å². The van der Waals surface area contributed by atoms with Gasteiger partial charge in [0.1, 0.15) is 5.41 Å². The summed E-state index contributed by atoms with van der Waals surface area (Å²) in [6, 6.07) is 0. The van der Waals surface area contributed by atoms with Crippen molar-refractivity contribution in [3.8, 4) is 0 Å². The number of carboxylic acids is 1. The number of carboxylic acid groups (broad SMARTS) is 1. The molecule has 3 nitrogen and oxygen atoms in total. The largest absolute Gasteiger partial charge is 0.481 e. The minimum atomic E-state index is -2.87. The van der Waals surface area contributed by atoms with E-state index in [9.17, 15) is 13.6 Å². The van der Waals surface area contributed by atoms with Gasteiger partial charge in [-0.2, -0.15) is 0 Å². The van der Waals surface area contributed by atoms with Crippen molar-refractivity contribution in [3.63, 3.8) is 0 Å². The highest BCUT2D eigenvalue weighted by Crippen LogP contribution is 2.45. The highest BCUT2D eigenvalue weighted by atomic mass is 19.3. The second kappa shape index (κ2) is 3.57. The Labute approximate surface area is 74.9 Å². The van der Waals surface area contributed by atoms with Crippen LogP contribution in [0, 0.1) is 11.3 Å². The Bertz CT molecular complexity index is 206. The monoisotopic (exact) mass is 193 g/mol. The first-order valence-corrected chi connectivity index (χ1v) is 4.27. The van der Waals surface area contributed by atoms with Gasteiger partial charge in [0.15, 0.2) is 0 Å². The summed E-state index contributed by atoms with van der Waals surface area (Å²) in [4.78, 5) is 10.8. The highest BCUT2D eigenvalue weighted by Gasteiger charge is 2.54. The molecule has 1 saturated carbocycles. The number of rotatable bonds is 4. The Morgan fingerprint density at radius 3 is 2.23 bits per heavy atom. The number of hydrogen-bond acceptors (Lipinski definition) is 2. The topological polar surface area (TPSA) is 63.3 Å². The number of hydrogen-bond donors (Lipinski definition) is 2. The SMILES string of the molecule is NCC(C(=O)O)(C(F)F)C1CCC1. The van der Waals surface area contributed by atoms with E-state index in [-0.39, 0.29) is 0 Å². The minimum Gasteiger partial charge on any atom is -0.481 e. The molecule has 0 aliphatic heterocycles. The Kier molecular flexibility index (Phi) is 2.85. The zero-order valence-corrected chi connectivity index (χ0v) is 7.17. The van der Waals surface area contributed by atoms with Gasteiger partial charge in [-0.1, -0.05) is 6.42 Å². The molecule has 1 aliphatic rings. The van der Waals surface area contributed by atoms with Gasteiger partial charge in [-0.05, 0) is 18.8 Å². The zero-order valence-electron chi connectivity index (χ0n) is 7.17. The van der Waals surface area contributed by atoms with Crippen LogP contribution in [0.25, 0.3) is 0 Å². The van der Waals surface area contributed by atoms with Crippen molar-refractivity contribution >= 4 is 5.97 Å². The van der Waals surface area contributed by atoms with Crippen molar-refractivity contribution in [1.82, 2.24) is 0 Å². The molecule has 0 saturated heterocycles. The molecule has 1 fully saturated rings. The average Bonchev–Trinajstić information content (AvgIpc) is 1.94. The number of aliphatic carboxylic acids is 1. The Hall–Kier alpha value is -0.710. The van der Waals surface area contributed by atoms with Gasteiger partial charge in [0.2, 0.25) is 0 Å². The van der Waals surface area contributed by atoms with Gasteiger partial charge in [-0.15, -0.1) is 0 Å². The predicted octanol–water partition coefficient (Wildman–Crippen LogP) is 1.08. The number of nitrogens with two attached hydrogens (primary N) is 1. The van der Waals surface area contributed by atoms with E-state index in [0.29, 0.717) is 12.8 Å². The molecular weight excluding hydrogens is 180 g/mol. The molecule has 1 aliphatic carbocycles. The third kappa shape index (κ3) is 1.41. The van der Waals surface area contributed by atoms with Crippen molar-refractivity contribution < 1.29 is 18.7 Å². The average molecular weight is 193 g/mol. The first-order chi connectivity index (χ1) is 6.05. The molecule has 0 bridgehead atoms. The fourth-order valence-electron chi connectivity index (χ4n) is 1.71. The standard InChI is InChI=1S/C8H13F2NO2/c9-6(10)8(4-11,7(12)13)5-2-1-3-5/h5-6H,1-4,11H2,(H,12,13). The third-order valence-electron chi connectivity index (χ3n) is 2.96. The first-order valence-electron chi connectivity index (χ1n) is 4.27. The van der Waals surface area contributed by atoms with Gasteiger partial charge in [0, 0.05) is 6.54 Å². The molecular formula is C8H13F2NO2. The second-order valence-corrected chi connectivity index (χ2v) is 3.48. The van der Waals surface area contributed by atoms with E-state index >= 15 is 0 Å². The molecule has 0 radical (unpaired) electrons. The molecule has 5 heteroatoms. The minimum absolute atomic E-state index is 0.449. The van der Waals surface area contributed by atoms with E-state index in [2.05, 4.69) is 0 Å². The van der Waals surface area contributed by atoms with E-state index in [1.54, 1.807) is 0 Å². The van der Waals surface area contributed by atoms with Crippen LogP contribution in [-0.4, -0.2) is 24.0 Å². The molecule has 0 spiro atoms. The lowest BCUT2D eigenvalue weighted by atomic mass is 9.65. The molecule has 0 aromatic rings. The predicted molar refractivity (Wildman–Crippen MR) is 42.5 cm³/mol. The van der Waals surface area contributed by atoms with Gasteiger partial charge in [0.05, 0.1) is 0 Å². The van der Waals surface area contributed by atoms with Crippen LogP contribution in [0.4, 0.5) is 8.78 Å². The summed E-state index contributed by atoms with van der Waals surface area (Å²) in [5.41, 5.74) is 3.16. The highest BCUT2D eigenvalue weighted by molar-refractivity contribution is 5.76. The van der Waals surface area contributed by atoms with Crippen LogP contribution >= 0.6 is 0 Å². The maximum atomic E-state index is 12.6. The molecule has 76 valence electrons. The van der Waals surface area contributed by atoms with Crippen molar-refractivity contribution in [2.24, 2.45) is 17.1 Å². The number of halogens is 2. The molecule has 0 aromatic heterocycles. The van der Waals surface area contributed by atoms with E-state index in [1.807, 2.05) is 0 Å². The maximum Gasteiger partial charge on any atom is 0.317 e. The Morgan fingerprint density at radius 1 is 1.62 bits per heavy atom. The summed E-state index contributed by atoms with van der Waals surface area (Å²) in [5, 5.41) is 8.77. The van der Waals surface area contributed by atoms with Gasteiger partial charge in [0.25, 0.3) is 6.43 Å². The lowest BCUT2D eigenvalue weighted by Crippen LogP contribution is -2.52. The molecule has 1 rings (SSSR count). The van der Waals surface area contributed by atoms with Crippen LogP contribution in [0.3, 0.4) is 0 Å². The molecule has 1 unspecified atom stereocenters. The Morgan fingerprint density at radius 2 is 2.15 bits per heavy atom. The summed E-state index contributed by atoms with van der Waals surface area (Å²) in [6.07, 6.45) is -0.950. The summed E-state index contributed by atoms with van der Waals surface area (Å²) < 4.78 is 25.2. The van der Waals surface area contributed by atoms with Gasteiger partial charge >= 0.3 is 5.97 Å². The quantitative estimate of drug-likeness (QED) is 0.702. The summed E-state index contributed by atoms with van der Waals surface area (Å²) >= 11 is 0. The smallest absolute Gasteiger partial charge is 0.317 e. The second-order valence-electron chi connectivity index (χ2n) is 3.48. The molecule has 13 heavy (non-hydrogen) atoms. The van der Waals surface area contributed by atoms with Crippen LogP contribution in [0.15, 0.2) is 0 Å². The van der Waals surface area contributed by atoms with Crippen LogP contribution in [-0.2, 0) is 4.79 Å². The van der Waals surface area contributed by atoms with Crippen molar-refractivity contribution in [2.75, 3.05) is 6.54 Å². The van der Waals surface area contributed by atoms with Crippen molar-refractivity contribution in [3.05, 3.63) is 0 Å². The van der Waals surface area contributed by atoms with Gasteiger partial charge < -0.3 is 10.8 Å². The fraction of sp³-hybridized carbons (Fsp3) is 0.875. The summed E-state index contributed by atoms with van der Waals surface area (Å²) in [6.45, 7) is -0.481. The van der Waals surface area contributed by atoms with E-state index in [4.69, 9.17) is 10.8 Å². The lowest BCUT2D eigenvalue weighted by molar-refractivity contribution is -0.169. The van der Waals surface area contributed by atoms with E-state index in [1.165, 1.54) is 0 Å². The molecule has 0 aromatic carbocycles. The molecule has 0 heterocycles. The number of alkyl halides is 2. The van der Waals surface area contributed by atoms with E-state index in [0.717, 1.165) is 6.42 Å². The van der Waals surface area contributed by atoms with Crippen LogP contribution < -0.4 is 5.73 Å². The Balaban J connectivity index is 2.87. The van der Waals surface area contributed by atoms with Crippen LogP contribution in [0.1, 0.15) is 19.3 Å².